The molecule has 2 aromatic rings. The summed E-state index contributed by atoms with van der Waals surface area (Å²) in [6.45, 7) is 3.25. The minimum atomic E-state index is -0.852. The molecule has 0 unspecified atom stereocenters. The first kappa shape index (κ1) is 22.3. The fraction of sp³-hybridized carbons (Fsp3) is 0.500. The summed E-state index contributed by atoms with van der Waals surface area (Å²) in [6, 6.07) is 8.87. The van der Waals surface area contributed by atoms with Crippen LogP contribution in [0.1, 0.15) is 12.0 Å². The number of ether oxygens (including phenoxy) is 3. The third kappa shape index (κ3) is 5.81. The Balaban J connectivity index is 1.59. The van der Waals surface area contributed by atoms with E-state index >= 15 is 0 Å². The van der Waals surface area contributed by atoms with Gasteiger partial charge < -0.3 is 24.2 Å². The molecule has 164 valence electrons. The lowest BCUT2D eigenvalue weighted by atomic mass is 10.0. The van der Waals surface area contributed by atoms with E-state index in [4.69, 9.17) is 14.2 Å². The largest absolute Gasteiger partial charge is 0.493 e. The molecule has 0 amide bonds. The van der Waals surface area contributed by atoms with Crippen molar-refractivity contribution >= 4 is 5.82 Å². The van der Waals surface area contributed by atoms with Gasteiger partial charge in [0.15, 0.2) is 11.5 Å². The van der Waals surface area contributed by atoms with Gasteiger partial charge in [0.1, 0.15) is 18.2 Å². The van der Waals surface area contributed by atoms with Gasteiger partial charge in [-0.15, -0.1) is 0 Å². The van der Waals surface area contributed by atoms with Crippen LogP contribution in [0.3, 0.4) is 0 Å². The Morgan fingerprint density at radius 3 is 2.73 bits per heavy atom. The molecular weight excluding hydrogens is 389 g/mol. The second-order valence-corrected chi connectivity index (χ2v) is 7.73. The predicted octanol–water partition coefficient (Wildman–Crippen LogP) is 2.33. The lowest BCUT2D eigenvalue weighted by Gasteiger charge is -2.29. The molecular formula is C22H30FN3O4. The average Bonchev–Trinajstić information content (AvgIpc) is 3.10. The Hall–Kier alpha value is -2.42. The van der Waals surface area contributed by atoms with Gasteiger partial charge in [0.05, 0.1) is 25.5 Å². The Labute approximate surface area is 177 Å². The highest BCUT2D eigenvalue weighted by Crippen LogP contribution is 2.30. The third-order valence-electron chi connectivity index (χ3n) is 5.16. The number of anilines is 1. The summed E-state index contributed by atoms with van der Waals surface area (Å²) in [5.74, 6) is 1.67. The van der Waals surface area contributed by atoms with Gasteiger partial charge in [0.2, 0.25) is 0 Å². The highest BCUT2D eigenvalue weighted by atomic mass is 19.1. The van der Waals surface area contributed by atoms with Crippen molar-refractivity contribution in [2.75, 3.05) is 59.0 Å². The van der Waals surface area contributed by atoms with Crippen molar-refractivity contribution < 1.29 is 23.7 Å². The summed E-state index contributed by atoms with van der Waals surface area (Å²) in [6.07, 6.45) is 1.83. The number of β-amino-alcohol motifs (C(OH)–C–C–N with tert-alkyl or cyclic N) is 1. The topological polar surface area (TPSA) is 67.3 Å². The van der Waals surface area contributed by atoms with Gasteiger partial charge in [-0.1, -0.05) is 6.07 Å². The van der Waals surface area contributed by atoms with Crippen LogP contribution in [0.15, 0.2) is 36.5 Å². The highest BCUT2D eigenvalue weighted by molar-refractivity contribution is 5.43. The smallest absolute Gasteiger partial charge is 0.161 e. The lowest BCUT2D eigenvalue weighted by Crippen LogP contribution is -2.43. The Bertz CT molecular complexity index is 821. The minimum absolute atomic E-state index is 0.363. The number of likely N-dealkylation sites (N-methyl/N-ethyl adjacent to an activating group) is 1. The second-order valence-electron chi connectivity index (χ2n) is 7.73. The molecule has 1 N–H and O–H groups in total. The van der Waals surface area contributed by atoms with Crippen LogP contribution in [0.4, 0.5) is 10.2 Å². The van der Waals surface area contributed by atoms with Crippen LogP contribution < -0.4 is 14.4 Å². The number of aliphatic hydroxyl groups is 1. The van der Waals surface area contributed by atoms with Gasteiger partial charge in [-0.2, -0.15) is 0 Å². The zero-order valence-electron chi connectivity index (χ0n) is 17.8. The van der Waals surface area contributed by atoms with Crippen LogP contribution in [0.25, 0.3) is 0 Å². The molecule has 2 heterocycles. The van der Waals surface area contributed by atoms with Crippen LogP contribution in [0.2, 0.25) is 0 Å². The molecule has 1 fully saturated rings. The van der Waals surface area contributed by atoms with Gasteiger partial charge in [0.25, 0.3) is 0 Å². The second kappa shape index (κ2) is 10.1. The van der Waals surface area contributed by atoms with Gasteiger partial charge >= 0.3 is 0 Å². The molecule has 1 aliphatic heterocycles. The lowest BCUT2D eigenvalue weighted by molar-refractivity contribution is 0.0279. The number of pyridine rings is 1. The summed E-state index contributed by atoms with van der Waals surface area (Å²) in [5, 5.41) is 11.1. The molecule has 0 aliphatic carbocycles. The molecule has 7 nitrogen and oxygen atoms in total. The summed E-state index contributed by atoms with van der Waals surface area (Å²) >= 11 is 0. The van der Waals surface area contributed by atoms with E-state index in [-0.39, 0.29) is 5.82 Å². The number of aromatic nitrogens is 1. The Morgan fingerprint density at radius 2 is 2.03 bits per heavy atom. The average molecular weight is 419 g/mol. The number of hydrogen-bond acceptors (Lipinski definition) is 7. The van der Waals surface area contributed by atoms with E-state index in [1.54, 1.807) is 20.3 Å². The van der Waals surface area contributed by atoms with Gasteiger partial charge in [-0.3, -0.25) is 4.90 Å². The molecule has 1 aliphatic rings. The van der Waals surface area contributed by atoms with Crippen molar-refractivity contribution in [3.63, 3.8) is 0 Å². The summed E-state index contributed by atoms with van der Waals surface area (Å²) < 4.78 is 29.3. The number of methoxy groups -OCH3 is 2. The normalized spacial score (nSPS) is 18.8. The molecule has 0 bridgehead atoms. The predicted molar refractivity (Wildman–Crippen MR) is 113 cm³/mol. The van der Waals surface area contributed by atoms with E-state index in [0.717, 1.165) is 5.56 Å². The number of halogens is 1. The maximum Gasteiger partial charge on any atom is 0.161 e. The zero-order valence-corrected chi connectivity index (χ0v) is 17.8. The van der Waals surface area contributed by atoms with Crippen LogP contribution in [-0.4, -0.2) is 74.7 Å². The zero-order chi connectivity index (χ0) is 21.6. The fourth-order valence-corrected chi connectivity index (χ4v) is 3.77. The van der Waals surface area contributed by atoms with E-state index in [1.165, 1.54) is 12.3 Å². The first-order chi connectivity index (χ1) is 14.4. The first-order valence-electron chi connectivity index (χ1n) is 9.98. The summed E-state index contributed by atoms with van der Waals surface area (Å²) in [5.41, 5.74) is 0.208. The van der Waals surface area contributed by atoms with Crippen molar-refractivity contribution in [3.8, 4) is 11.5 Å². The Kier molecular flexibility index (Phi) is 7.47. The van der Waals surface area contributed by atoms with Crippen molar-refractivity contribution in [1.82, 2.24) is 9.88 Å². The van der Waals surface area contributed by atoms with E-state index < -0.39 is 5.60 Å². The van der Waals surface area contributed by atoms with Crippen LogP contribution in [0.5, 0.6) is 11.5 Å². The molecule has 3 rings (SSSR count). The molecule has 0 spiro atoms. The Morgan fingerprint density at radius 1 is 1.20 bits per heavy atom. The van der Waals surface area contributed by atoms with E-state index in [9.17, 15) is 9.50 Å². The molecule has 1 atom stereocenters. The fourth-order valence-electron chi connectivity index (χ4n) is 3.77. The molecule has 1 aromatic carbocycles. The quantitative estimate of drug-likeness (QED) is 0.593. The van der Waals surface area contributed by atoms with Crippen molar-refractivity contribution in [3.05, 3.63) is 47.9 Å². The monoisotopic (exact) mass is 419 g/mol. The maximum absolute atomic E-state index is 13.1. The summed E-state index contributed by atoms with van der Waals surface area (Å²) in [4.78, 5) is 8.20. The molecule has 1 aromatic heterocycles. The summed E-state index contributed by atoms with van der Waals surface area (Å²) in [7, 11) is 5.22. The van der Waals surface area contributed by atoms with Crippen molar-refractivity contribution in [2.45, 2.75) is 18.6 Å². The van der Waals surface area contributed by atoms with Crippen LogP contribution in [-0.2, 0) is 11.3 Å². The van der Waals surface area contributed by atoms with Gasteiger partial charge in [-0.05, 0) is 43.3 Å². The first-order valence-corrected chi connectivity index (χ1v) is 9.98. The van der Waals surface area contributed by atoms with Gasteiger partial charge in [-0.25, -0.2) is 9.37 Å². The van der Waals surface area contributed by atoms with E-state index in [0.29, 0.717) is 63.1 Å². The minimum Gasteiger partial charge on any atom is -0.493 e. The van der Waals surface area contributed by atoms with Crippen LogP contribution in [0, 0.1) is 5.82 Å². The van der Waals surface area contributed by atoms with E-state index in [2.05, 4.69) is 9.88 Å². The maximum atomic E-state index is 13.1. The highest BCUT2D eigenvalue weighted by Gasteiger charge is 2.37. The molecule has 30 heavy (non-hydrogen) atoms. The molecule has 0 saturated carbocycles. The number of hydrogen-bond donors (Lipinski definition) is 1. The number of benzene rings is 1. The molecule has 1 saturated heterocycles. The molecule has 8 heteroatoms. The van der Waals surface area contributed by atoms with Crippen LogP contribution >= 0.6 is 0 Å². The van der Waals surface area contributed by atoms with E-state index in [1.807, 2.05) is 30.1 Å². The SMILES string of the molecule is COCCOc1cc(CN(C)C[C@@]2(O)CCN(c3ccc(F)cn3)C2)ccc1OC. The third-order valence-corrected chi connectivity index (χ3v) is 5.16. The van der Waals surface area contributed by atoms with Crippen molar-refractivity contribution in [1.29, 1.82) is 0 Å². The standard InChI is InChI=1S/C22H30FN3O4/c1-25(14-17-4-6-19(29-3)20(12-17)30-11-10-28-2)15-22(27)8-9-26(16-22)21-7-5-18(23)13-24-21/h4-7,12-13,27H,8-11,14-16H2,1-3H3/t22-/m0/s1. The number of rotatable bonds is 10. The molecule has 0 radical (unpaired) electrons. The van der Waals surface area contributed by atoms with Crippen molar-refractivity contribution in [2.24, 2.45) is 0 Å². The van der Waals surface area contributed by atoms with Gasteiger partial charge in [0, 0.05) is 33.3 Å². The number of nitrogens with zero attached hydrogens (tertiary/aromatic N) is 3.